The number of piperidine rings is 1. The van der Waals surface area contributed by atoms with Crippen LogP contribution >= 0.6 is 0 Å². The molecule has 1 aromatic rings. The Morgan fingerprint density at radius 2 is 2.10 bits per heavy atom. The maximum Gasteiger partial charge on any atom is 0.118 e. The van der Waals surface area contributed by atoms with Crippen molar-refractivity contribution in [1.82, 2.24) is 15.1 Å². The summed E-state index contributed by atoms with van der Waals surface area (Å²) in [5.74, 6) is 2.16. The van der Waals surface area contributed by atoms with Gasteiger partial charge in [0.25, 0.3) is 0 Å². The summed E-state index contributed by atoms with van der Waals surface area (Å²) in [5, 5.41) is 3.45. The minimum atomic E-state index is 0.688. The molecule has 0 radical (unpaired) electrons. The van der Waals surface area contributed by atoms with Crippen LogP contribution in [0.1, 0.15) is 43.3 Å². The third-order valence-corrected chi connectivity index (χ3v) is 4.53. The molecule has 0 saturated carbocycles. The molecule has 120 valence electrons. The Labute approximate surface area is 129 Å². The molecule has 1 aromatic heterocycles. The molecule has 0 aliphatic carbocycles. The molecule has 1 saturated heterocycles. The SMILES string of the molecule is CCCNCc1cc(CN(C)C2CCN(C)CC2)oc1C. The number of furan rings is 1. The molecule has 2 rings (SSSR count). The lowest BCUT2D eigenvalue weighted by Crippen LogP contribution is -2.41. The van der Waals surface area contributed by atoms with Crippen molar-refractivity contribution in [3.8, 4) is 0 Å². The van der Waals surface area contributed by atoms with Crippen LogP contribution in [-0.4, -0.2) is 49.6 Å². The molecule has 1 N–H and O–H groups in total. The van der Waals surface area contributed by atoms with E-state index in [1.54, 1.807) is 0 Å². The highest BCUT2D eigenvalue weighted by Gasteiger charge is 2.21. The number of aryl methyl sites for hydroxylation is 1. The van der Waals surface area contributed by atoms with Gasteiger partial charge in [-0.25, -0.2) is 0 Å². The van der Waals surface area contributed by atoms with E-state index in [0.29, 0.717) is 6.04 Å². The van der Waals surface area contributed by atoms with Gasteiger partial charge in [-0.05, 0) is 66.0 Å². The molecule has 4 heteroatoms. The van der Waals surface area contributed by atoms with Gasteiger partial charge >= 0.3 is 0 Å². The number of hydrogen-bond acceptors (Lipinski definition) is 4. The summed E-state index contributed by atoms with van der Waals surface area (Å²) in [5.41, 5.74) is 1.30. The predicted octanol–water partition coefficient (Wildman–Crippen LogP) is 2.61. The van der Waals surface area contributed by atoms with Crippen molar-refractivity contribution in [2.75, 3.05) is 33.7 Å². The number of nitrogens with zero attached hydrogens (tertiary/aromatic N) is 2. The van der Waals surface area contributed by atoms with Gasteiger partial charge in [-0.3, -0.25) is 4.90 Å². The number of rotatable bonds is 7. The van der Waals surface area contributed by atoms with E-state index in [-0.39, 0.29) is 0 Å². The zero-order valence-electron chi connectivity index (χ0n) is 14.1. The van der Waals surface area contributed by atoms with Crippen LogP contribution in [0.2, 0.25) is 0 Å². The van der Waals surface area contributed by atoms with Crippen molar-refractivity contribution in [2.24, 2.45) is 0 Å². The van der Waals surface area contributed by atoms with Crippen LogP contribution in [0.3, 0.4) is 0 Å². The Balaban J connectivity index is 1.86. The molecule has 0 bridgehead atoms. The molecular formula is C17H31N3O. The van der Waals surface area contributed by atoms with E-state index < -0.39 is 0 Å². The summed E-state index contributed by atoms with van der Waals surface area (Å²) in [6.07, 6.45) is 3.69. The van der Waals surface area contributed by atoms with Crippen LogP contribution in [0.5, 0.6) is 0 Å². The van der Waals surface area contributed by atoms with Crippen LogP contribution in [-0.2, 0) is 13.1 Å². The van der Waals surface area contributed by atoms with Crippen molar-refractivity contribution >= 4 is 0 Å². The predicted molar refractivity (Wildman–Crippen MR) is 87.4 cm³/mol. The van der Waals surface area contributed by atoms with E-state index in [4.69, 9.17) is 4.42 Å². The number of hydrogen-bond donors (Lipinski definition) is 1. The van der Waals surface area contributed by atoms with E-state index in [0.717, 1.165) is 31.2 Å². The van der Waals surface area contributed by atoms with E-state index in [1.165, 1.54) is 37.9 Å². The standard InChI is InChI=1S/C17H31N3O/c1-5-8-18-12-15-11-17(21-14(15)2)13-20(4)16-6-9-19(3)10-7-16/h11,16,18H,5-10,12-13H2,1-4H3. The molecule has 1 aliphatic rings. The molecule has 0 unspecified atom stereocenters. The summed E-state index contributed by atoms with van der Waals surface area (Å²) in [6.45, 7) is 9.58. The third kappa shape index (κ3) is 4.83. The van der Waals surface area contributed by atoms with Gasteiger partial charge < -0.3 is 14.6 Å². The molecule has 0 atom stereocenters. The maximum atomic E-state index is 5.94. The summed E-state index contributed by atoms with van der Waals surface area (Å²) >= 11 is 0. The van der Waals surface area contributed by atoms with Gasteiger partial charge in [0.2, 0.25) is 0 Å². The van der Waals surface area contributed by atoms with Gasteiger partial charge in [-0.1, -0.05) is 6.92 Å². The second-order valence-electron chi connectivity index (χ2n) is 6.42. The second kappa shape index (κ2) is 7.97. The minimum Gasteiger partial charge on any atom is -0.465 e. The molecule has 0 spiro atoms. The average Bonchev–Trinajstić information content (AvgIpc) is 2.80. The molecule has 0 amide bonds. The van der Waals surface area contributed by atoms with Crippen LogP contribution < -0.4 is 5.32 Å². The first-order valence-corrected chi connectivity index (χ1v) is 8.27. The van der Waals surface area contributed by atoms with Crippen LogP contribution in [0.15, 0.2) is 10.5 Å². The van der Waals surface area contributed by atoms with Crippen molar-refractivity contribution in [2.45, 2.75) is 52.2 Å². The van der Waals surface area contributed by atoms with Gasteiger partial charge in [0.1, 0.15) is 11.5 Å². The Morgan fingerprint density at radius 3 is 2.76 bits per heavy atom. The largest absolute Gasteiger partial charge is 0.465 e. The lowest BCUT2D eigenvalue weighted by atomic mass is 10.0. The minimum absolute atomic E-state index is 0.688. The summed E-state index contributed by atoms with van der Waals surface area (Å²) in [6, 6.07) is 2.91. The molecule has 4 nitrogen and oxygen atoms in total. The van der Waals surface area contributed by atoms with Gasteiger partial charge in [0.05, 0.1) is 6.54 Å². The van der Waals surface area contributed by atoms with Crippen molar-refractivity contribution < 1.29 is 4.42 Å². The monoisotopic (exact) mass is 293 g/mol. The summed E-state index contributed by atoms with van der Waals surface area (Å²) in [7, 11) is 4.44. The normalized spacial score (nSPS) is 17.8. The second-order valence-corrected chi connectivity index (χ2v) is 6.42. The quantitative estimate of drug-likeness (QED) is 0.783. The van der Waals surface area contributed by atoms with Gasteiger partial charge in [0, 0.05) is 18.2 Å². The zero-order chi connectivity index (χ0) is 15.2. The first-order chi connectivity index (χ1) is 10.1. The third-order valence-electron chi connectivity index (χ3n) is 4.53. The highest BCUT2D eigenvalue weighted by Crippen LogP contribution is 2.20. The average molecular weight is 293 g/mol. The fourth-order valence-electron chi connectivity index (χ4n) is 3.05. The van der Waals surface area contributed by atoms with Gasteiger partial charge in [-0.15, -0.1) is 0 Å². The number of likely N-dealkylation sites (tertiary alicyclic amines) is 1. The van der Waals surface area contributed by atoms with Gasteiger partial charge in [-0.2, -0.15) is 0 Å². The fraction of sp³-hybridized carbons (Fsp3) is 0.765. The lowest BCUT2D eigenvalue weighted by Gasteiger charge is -2.34. The Kier molecular flexibility index (Phi) is 6.27. The summed E-state index contributed by atoms with van der Waals surface area (Å²) < 4.78 is 5.94. The van der Waals surface area contributed by atoms with Crippen molar-refractivity contribution in [3.63, 3.8) is 0 Å². The Bertz CT molecular complexity index is 422. The topological polar surface area (TPSA) is 31.6 Å². The maximum absolute atomic E-state index is 5.94. The van der Waals surface area contributed by atoms with E-state index in [9.17, 15) is 0 Å². The zero-order valence-corrected chi connectivity index (χ0v) is 14.1. The Morgan fingerprint density at radius 1 is 1.38 bits per heavy atom. The van der Waals surface area contributed by atoms with Gasteiger partial charge in [0.15, 0.2) is 0 Å². The molecule has 0 aromatic carbocycles. The highest BCUT2D eigenvalue weighted by molar-refractivity contribution is 5.20. The fourth-order valence-corrected chi connectivity index (χ4v) is 3.05. The smallest absolute Gasteiger partial charge is 0.118 e. The van der Waals surface area contributed by atoms with E-state index >= 15 is 0 Å². The Hall–Kier alpha value is -0.840. The van der Waals surface area contributed by atoms with Crippen molar-refractivity contribution in [3.05, 3.63) is 23.2 Å². The first kappa shape index (κ1) is 16.5. The van der Waals surface area contributed by atoms with Crippen LogP contribution in [0.25, 0.3) is 0 Å². The van der Waals surface area contributed by atoms with E-state index in [2.05, 4.69) is 49.1 Å². The molecule has 2 heterocycles. The highest BCUT2D eigenvalue weighted by atomic mass is 16.3. The molecule has 1 aliphatic heterocycles. The molecular weight excluding hydrogens is 262 g/mol. The van der Waals surface area contributed by atoms with Crippen LogP contribution in [0, 0.1) is 6.92 Å². The van der Waals surface area contributed by atoms with E-state index in [1.807, 2.05) is 0 Å². The first-order valence-electron chi connectivity index (χ1n) is 8.27. The number of nitrogens with one attached hydrogen (secondary N) is 1. The van der Waals surface area contributed by atoms with Crippen molar-refractivity contribution in [1.29, 1.82) is 0 Å². The molecule has 21 heavy (non-hydrogen) atoms. The van der Waals surface area contributed by atoms with Crippen LogP contribution in [0.4, 0.5) is 0 Å². The molecule has 1 fully saturated rings. The summed E-state index contributed by atoms with van der Waals surface area (Å²) in [4.78, 5) is 4.87. The lowest BCUT2D eigenvalue weighted by molar-refractivity contribution is 0.132.